The van der Waals surface area contributed by atoms with E-state index >= 15 is 0 Å². The molecule has 0 radical (unpaired) electrons. The van der Waals surface area contributed by atoms with Gasteiger partial charge in [-0.05, 0) is 11.4 Å². The average molecular weight is 257 g/mol. The first-order valence-electron chi connectivity index (χ1n) is 5.37. The largest absolute Gasteiger partial charge is 0.460 e. The molecule has 0 unspecified atom stereocenters. The van der Waals surface area contributed by atoms with Crippen molar-refractivity contribution >= 4 is 29.1 Å². The first-order valence-corrected chi connectivity index (χ1v) is 7.40. The van der Waals surface area contributed by atoms with Gasteiger partial charge in [0.05, 0.1) is 0 Å². The monoisotopic (exact) mass is 257 g/mol. The molecule has 2 heterocycles. The Hall–Kier alpha value is -0.520. The van der Waals surface area contributed by atoms with Gasteiger partial charge < -0.3 is 4.74 Å². The Bertz CT molecular complexity index is 321. The molecule has 0 aromatic carbocycles. The Labute approximate surface area is 104 Å². The molecule has 1 saturated heterocycles. The summed E-state index contributed by atoms with van der Waals surface area (Å²) in [5.74, 6) is 2.19. The highest BCUT2D eigenvalue weighted by Crippen LogP contribution is 2.11. The van der Waals surface area contributed by atoms with Crippen LogP contribution in [-0.2, 0) is 4.74 Å². The van der Waals surface area contributed by atoms with Crippen LogP contribution in [0.15, 0.2) is 17.5 Å². The van der Waals surface area contributed by atoms with Gasteiger partial charge in [-0.15, -0.1) is 11.3 Å². The maximum Gasteiger partial charge on any atom is 0.348 e. The summed E-state index contributed by atoms with van der Waals surface area (Å²) in [5.41, 5.74) is 0. The van der Waals surface area contributed by atoms with Gasteiger partial charge >= 0.3 is 5.97 Å². The minimum absolute atomic E-state index is 0.193. The molecule has 1 aromatic rings. The quantitative estimate of drug-likeness (QED) is 0.771. The Morgan fingerprint density at radius 3 is 2.94 bits per heavy atom. The van der Waals surface area contributed by atoms with Crippen LogP contribution >= 0.6 is 23.1 Å². The number of nitrogens with zero attached hydrogens (tertiary/aromatic N) is 1. The molecule has 0 spiro atoms. The molecule has 0 bridgehead atoms. The minimum Gasteiger partial charge on any atom is -0.460 e. The van der Waals surface area contributed by atoms with E-state index in [1.807, 2.05) is 23.2 Å². The van der Waals surface area contributed by atoms with E-state index < -0.39 is 0 Å². The molecule has 0 atom stereocenters. The fourth-order valence-corrected chi connectivity index (χ4v) is 3.15. The van der Waals surface area contributed by atoms with Crippen LogP contribution in [0, 0.1) is 0 Å². The summed E-state index contributed by atoms with van der Waals surface area (Å²) in [7, 11) is 0. The van der Waals surface area contributed by atoms with Gasteiger partial charge in [-0.25, -0.2) is 4.79 Å². The van der Waals surface area contributed by atoms with Crippen LogP contribution in [0.3, 0.4) is 0 Å². The van der Waals surface area contributed by atoms with E-state index in [4.69, 9.17) is 4.74 Å². The van der Waals surface area contributed by atoms with Gasteiger partial charge in [0.1, 0.15) is 11.5 Å². The van der Waals surface area contributed by atoms with Crippen LogP contribution < -0.4 is 0 Å². The number of thiophene rings is 1. The molecule has 5 heteroatoms. The smallest absolute Gasteiger partial charge is 0.348 e. The summed E-state index contributed by atoms with van der Waals surface area (Å²) >= 11 is 3.41. The maximum absolute atomic E-state index is 11.5. The van der Waals surface area contributed by atoms with Crippen LogP contribution in [0.5, 0.6) is 0 Å². The van der Waals surface area contributed by atoms with Crippen molar-refractivity contribution in [2.24, 2.45) is 0 Å². The van der Waals surface area contributed by atoms with E-state index in [0.717, 1.165) is 19.6 Å². The molecule has 1 fully saturated rings. The van der Waals surface area contributed by atoms with Gasteiger partial charge in [-0.2, -0.15) is 11.8 Å². The summed E-state index contributed by atoms with van der Waals surface area (Å²) < 4.78 is 5.21. The average Bonchev–Trinajstić information content (AvgIpc) is 2.84. The van der Waals surface area contributed by atoms with E-state index in [-0.39, 0.29) is 5.97 Å². The first-order chi connectivity index (χ1) is 7.86. The second-order valence-corrected chi connectivity index (χ2v) is 5.74. The highest BCUT2D eigenvalue weighted by molar-refractivity contribution is 7.99. The van der Waals surface area contributed by atoms with Gasteiger partial charge in [0.2, 0.25) is 0 Å². The van der Waals surface area contributed by atoms with Crippen molar-refractivity contribution in [1.29, 1.82) is 0 Å². The Balaban J connectivity index is 1.66. The lowest BCUT2D eigenvalue weighted by Gasteiger charge is -2.25. The number of rotatable bonds is 4. The summed E-state index contributed by atoms with van der Waals surface area (Å²) in [6.45, 7) is 3.58. The highest BCUT2D eigenvalue weighted by Gasteiger charge is 2.12. The van der Waals surface area contributed by atoms with Gasteiger partial charge in [0.15, 0.2) is 0 Å². The van der Waals surface area contributed by atoms with E-state index in [1.54, 1.807) is 6.07 Å². The molecule has 88 valence electrons. The zero-order valence-electron chi connectivity index (χ0n) is 9.05. The molecule has 1 aliphatic heterocycles. The Morgan fingerprint density at radius 2 is 2.25 bits per heavy atom. The summed E-state index contributed by atoms with van der Waals surface area (Å²) in [4.78, 5) is 14.5. The first kappa shape index (κ1) is 12.0. The molecule has 0 aliphatic carbocycles. The van der Waals surface area contributed by atoms with Crippen LogP contribution in [0.2, 0.25) is 0 Å². The molecular formula is C11H15NO2S2. The number of ether oxygens (including phenoxy) is 1. The summed E-state index contributed by atoms with van der Waals surface area (Å²) in [5, 5.41) is 1.89. The normalized spacial score (nSPS) is 17.2. The number of carbonyl (C=O) groups is 1. The molecule has 1 aliphatic rings. The predicted molar refractivity (Wildman–Crippen MR) is 68.4 cm³/mol. The third-order valence-corrected chi connectivity index (χ3v) is 4.26. The SMILES string of the molecule is O=C(OCCN1CCSCC1)c1cccs1. The molecule has 0 saturated carbocycles. The van der Waals surface area contributed by atoms with Crippen LogP contribution in [0.4, 0.5) is 0 Å². The number of carbonyl (C=O) groups excluding carboxylic acids is 1. The maximum atomic E-state index is 11.5. The Kier molecular flexibility index (Phi) is 4.69. The zero-order chi connectivity index (χ0) is 11.2. The van der Waals surface area contributed by atoms with E-state index in [0.29, 0.717) is 11.5 Å². The van der Waals surface area contributed by atoms with E-state index in [1.165, 1.54) is 22.8 Å². The summed E-state index contributed by atoms with van der Waals surface area (Å²) in [6.07, 6.45) is 0. The van der Waals surface area contributed by atoms with Crippen molar-refractivity contribution < 1.29 is 9.53 Å². The van der Waals surface area contributed by atoms with Gasteiger partial charge in [-0.3, -0.25) is 4.90 Å². The van der Waals surface area contributed by atoms with Crippen molar-refractivity contribution in [3.05, 3.63) is 22.4 Å². The van der Waals surface area contributed by atoms with Crippen molar-refractivity contribution in [2.75, 3.05) is 37.7 Å². The topological polar surface area (TPSA) is 29.5 Å². The van der Waals surface area contributed by atoms with Gasteiger partial charge in [0.25, 0.3) is 0 Å². The van der Waals surface area contributed by atoms with Crippen molar-refractivity contribution in [3.8, 4) is 0 Å². The fourth-order valence-electron chi connectivity index (χ4n) is 1.56. The molecule has 3 nitrogen and oxygen atoms in total. The van der Waals surface area contributed by atoms with Crippen molar-refractivity contribution in [3.63, 3.8) is 0 Å². The number of thioether (sulfide) groups is 1. The molecular weight excluding hydrogens is 242 g/mol. The van der Waals surface area contributed by atoms with Crippen LogP contribution in [-0.4, -0.2) is 48.6 Å². The Morgan fingerprint density at radius 1 is 1.44 bits per heavy atom. The molecule has 0 N–H and O–H groups in total. The van der Waals surface area contributed by atoms with Gasteiger partial charge in [-0.1, -0.05) is 6.07 Å². The lowest BCUT2D eigenvalue weighted by atomic mass is 10.4. The van der Waals surface area contributed by atoms with E-state index in [2.05, 4.69) is 4.90 Å². The number of hydrogen-bond acceptors (Lipinski definition) is 5. The third kappa shape index (κ3) is 3.50. The lowest BCUT2D eigenvalue weighted by molar-refractivity contribution is 0.0472. The molecule has 2 rings (SSSR count). The standard InChI is InChI=1S/C11H15NO2S2/c13-11(10-2-1-7-16-10)14-6-3-12-4-8-15-9-5-12/h1-2,7H,3-6,8-9H2. The molecule has 1 aromatic heterocycles. The predicted octanol–water partition coefficient (Wildman–Crippen LogP) is 1.95. The second kappa shape index (κ2) is 6.27. The van der Waals surface area contributed by atoms with Crippen LogP contribution in [0.1, 0.15) is 9.67 Å². The highest BCUT2D eigenvalue weighted by atomic mass is 32.2. The minimum atomic E-state index is -0.193. The van der Waals surface area contributed by atoms with E-state index in [9.17, 15) is 4.79 Å². The summed E-state index contributed by atoms with van der Waals surface area (Å²) in [6, 6.07) is 3.66. The van der Waals surface area contributed by atoms with Crippen molar-refractivity contribution in [2.45, 2.75) is 0 Å². The van der Waals surface area contributed by atoms with Crippen LogP contribution in [0.25, 0.3) is 0 Å². The third-order valence-electron chi connectivity index (χ3n) is 2.47. The fraction of sp³-hybridized carbons (Fsp3) is 0.545. The molecule has 16 heavy (non-hydrogen) atoms. The molecule has 0 amide bonds. The lowest BCUT2D eigenvalue weighted by Crippen LogP contribution is -2.35. The second-order valence-electron chi connectivity index (χ2n) is 3.57. The number of hydrogen-bond donors (Lipinski definition) is 0. The van der Waals surface area contributed by atoms with Gasteiger partial charge in [0, 0.05) is 31.1 Å². The number of esters is 1. The zero-order valence-corrected chi connectivity index (χ0v) is 10.7. The van der Waals surface area contributed by atoms with Crippen molar-refractivity contribution in [1.82, 2.24) is 4.90 Å².